The predicted octanol–water partition coefficient (Wildman–Crippen LogP) is 2.90. The summed E-state index contributed by atoms with van der Waals surface area (Å²) in [5.74, 6) is 1.18. The van der Waals surface area contributed by atoms with E-state index >= 15 is 0 Å². The number of anilines is 3. The lowest BCUT2D eigenvalue weighted by Gasteiger charge is -2.10. The molecule has 0 aliphatic rings. The molecule has 1 heterocycles. The summed E-state index contributed by atoms with van der Waals surface area (Å²) in [6, 6.07) is 9.44. The summed E-state index contributed by atoms with van der Waals surface area (Å²) >= 11 is 3.45. The van der Waals surface area contributed by atoms with Gasteiger partial charge in [0.25, 0.3) is 0 Å². The van der Waals surface area contributed by atoms with Gasteiger partial charge >= 0.3 is 0 Å². The normalized spacial score (nSPS) is 9.61. The maximum Gasteiger partial charge on any atom is 0.185 e. The van der Waals surface area contributed by atoms with Gasteiger partial charge in [-0.15, -0.1) is 0 Å². The highest BCUT2D eigenvalue weighted by Crippen LogP contribution is 2.25. The Morgan fingerprint density at radius 2 is 2.11 bits per heavy atom. The number of nitriles is 1. The average molecular weight is 304 g/mol. The summed E-state index contributed by atoms with van der Waals surface area (Å²) in [6.07, 6.45) is 3.41. The Balaban J connectivity index is 2.26. The Bertz CT molecular complexity index is 593. The van der Waals surface area contributed by atoms with Crippen LogP contribution in [-0.4, -0.2) is 17.0 Å². The lowest BCUT2D eigenvalue weighted by molar-refractivity contribution is 1.08. The lowest BCUT2D eigenvalue weighted by Crippen LogP contribution is -2.10. The third kappa shape index (κ3) is 2.76. The van der Waals surface area contributed by atoms with Crippen molar-refractivity contribution in [3.63, 3.8) is 0 Å². The van der Waals surface area contributed by atoms with E-state index in [9.17, 15) is 0 Å². The number of halogens is 1. The van der Waals surface area contributed by atoms with Crippen LogP contribution in [0.3, 0.4) is 0 Å². The molecule has 18 heavy (non-hydrogen) atoms. The van der Waals surface area contributed by atoms with Crippen molar-refractivity contribution in [3.8, 4) is 6.19 Å². The minimum absolute atomic E-state index is 0.544. The van der Waals surface area contributed by atoms with Crippen molar-refractivity contribution in [2.75, 3.05) is 17.3 Å². The molecule has 2 aromatic rings. The fraction of sp³-hybridized carbons (Fsp3) is 0.0833. The highest BCUT2D eigenvalue weighted by atomic mass is 79.9. The summed E-state index contributed by atoms with van der Waals surface area (Å²) in [5.41, 5.74) is 0.904. The minimum atomic E-state index is 0.544. The summed E-state index contributed by atoms with van der Waals surface area (Å²) in [6.45, 7) is 0. The fourth-order valence-corrected chi connectivity index (χ4v) is 1.73. The first kappa shape index (κ1) is 12.3. The molecule has 5 nitrogen and oxygen atoms in total. The molecule has 0 aliphatic carbocycles. The van der Waals surface area contributed by atoms with Gasteiger partial charge in [-0.05, 0) is 28.1 Å². The molecule has 1 aromatic heterocycles. The van der Waals surface area contributed by atoms with Crippen LogP contribution in [0.2, 0.25) is 0 Å². The number of benzene rings is 1. The largest absolute Gasteiger partial charge is 0.339 e. The molecular weight excluding hydrogens is 294 g/mol. The second-order valence-corrected chi connectivity index (χ2v) is 4.38. The quantitative estimate of drug-likeness (QED) is 0.697. The van der Waals surface area contributed by atoms with Crippen LogP contribution in [0.25, 0.3) is 0 Å². The van der Waals surface area contributed by atoms with Gasteiger partial charge in [-0.25, -0.2) is 9.97 Å². The van der Waals surface area contributed by atoms with Crippen molar-refractivity contribution >= 4 is 33.3 Å². The SMILES string of the molecule is CN(C#N)c1cc(Nc2ccccc2Br)ncn1. The van der Waals surface area contributed by atoms with Crippen LogP contribution in [0, 0.1) is 11.5 Å². The van der Waals surface area contributed by atoms with Crippen LogP contribution in [0.1, 0.15) is 0 Å². The van der Waals surface area contributed by atoms with Crippen molar-refractivity contribution in [2.45, 2.75) is 0 Å². The van der Waals surface area contributed by atoms with Crippen molar-refractivity contribution in [2.24, 2.45) is 0 Å². The maximum absolute atomic E-state index is 8.80. The van der Waals surface area contributed by atoms with E-state index in [1.54, 1.807) is 13.1 Å². The molecule has 1 N–H and O–H groups in total. The van der Waals surface area contributed by atoms with Gasteiger partial charge in [-0.1, -0.05) is 12.1 Å². The van der Waals surface area contributed by atoms with Crippen LogP contribution in [0.4, 0.5) is 17.3 Å². The molecule has 1 aromatic carbocycles. The number of rotatable bonds is 3. The number of hydrogen-bond acceptors (Lipinski definition) is 5. The number of para-hydroxylation sites is 1. The van der Waals surface area contributed by atoms with Crippen LogP contribution in [-0.2, 0) is 0 Å². The smallest absolute Gasteiger partial charge is 0.185 e. The Morgan fingerprint density at radius 1 is 1.33 bits per heavy atom. The van der Waals surface area contributed by atoms with E-state index in [2.05, 4.69) is 31.2 Å². The van der Waals surface area contributed by atoms with Crippen LogP contribution < -0.4 is 10.2 Å². The molecule has 0 amide bonds. The van der Waals surface area contributed by atoms with Crippen molar-refractivity contribution in [1.29, 1.82) is 5.26 Å². The third-order valence-corrected chi connectivity index (χ3v) is 2.97. The Kier molecular flexibility index (Phi) is 3.75. The predicted molar refractivity (Wildman–Crippen MR) is 73.5 cm³/mol. The molecule has 0 saturated carbocycles. The van der Waals surface area contributed by atoms with Gasteiger partial charge in [0.15, 0.2) is 6.19 Å². The Labute approximate surface area is 113 Å². The van der Waals surface area contributed by atoms with Gasteiger partial charge in [0.05, 0.1) is 5.69 Å². The number of hydrogen-bond donors (Lipinski definition) is 1. The Hall–Kier alpha value is -2.13. The first-order chi connectivity index (χ1) is 8.70. The maximum atomic E-state index is 8.80. The molecule has 0 radical (unpaired) electrons. The van der Waals surface area contributed by atoms with Crippen molar-refractivity contribution in [1.82, 2.24) is 9.97 Å². The van der Waals surface area contributed by atoms with E-state index in [0.717, 1.165) is 10.2 Å². The van der Waals surface area contributed by atoms with Gasteiger partial charge in [-0.2, -0.15) is 5.26 Å². The minimum Gasteiger partial charge on any atom is -0.339 e. The molecule has 0 atom stereocenters. The monoisotopic (exact) mass is 303 g/mol. The lowest BCUT2D eigenvalue weighted by atomic mass is 10.3. The van der Waals surface area contributed by atoms with Crippen molar-refractivity contribution < 1.29 is 0 Å². The van der Waals surface area contributed by atoms with E-state index in [4.69, 9.17) is 5.26 Å². The van der Waals surface area contributed by atoms with E-state index < -0.39 is 0 Å². The molecule has 0 unspecified atom stereocenters. The van der Waals surface area contributed by atoms with Gasteiger partial charge in [0.1, 0.15) is 18.0 Å². The first-order valence-corrected chi connectivity index (χ1v) is 5.97. The molecule has 6 heteroatoms. The molecule has 0 saturated heterocycles. The highest BCUT2D eigenvalue weighted by molar-refractivity contribution is 9.10. The zero-order chi connectivity index (χ0) is 13.0. The van der Waals surface area contributed by atoms with E-state index in [0.29, 0.717) is 11.6 Å². The Morgan fingerprint density at radius 3 is 2.83 bits per heavy atom. The summed E-state index contributed by atoms with van der Waals surface area (Å²) < 4.78 is 0.943. The number of aromatic nitrogens is 2. The van der Waals surface area contributed by atoms with Gasteiger partial charge in [-0.3, -0.25) is 4.90 Å². The summed E-state index contributed by atoms with van der Waals surface area (Å²) in [7, 11) is 1.64. The third-order valence-electron chi connectivity index (χ3n) is 2.28. The van der Waals surface area contributed by atoms with Crippen molar-refractivity contribution in [3.05, 3.63) is 41.1 Å². The number of nitrogens with one attached hydrogen (secondary N) is 1. The molecule has 0 fully saturated rings. The van der Waals surface area contributed by atoms with Crippen LogP contribution >= 0.6 is 15.9 Å². The molecular formula is C12H10BrN5. The zero-order valence-corrected chi connectivity index (χ0v) is 11.2. The molecule has 0 bridgehead atoms. The van der Waals surface area contributed by atoms with E-state index in [-0.39, 0.29) is 0 Å². The molecule has 0 aliphatic heterocycles. The van der Waals surface area contributed by atoms with Gasteiger partial charge in [0, 0.05) is 17.6 Å². The average Bonchev–Trinajstić information content (AvgIpc) is 2.41. The molecule has 90 valence electrons. The van der Waals surface area contributed by atoms with Gasteiger partial charge < -0.3 is 5.32 Å². The summed E-state index contributed by atoms with van der Waals surface area (Å²) in [5, 5.41) is 12.0. The van der Waals surface area contributed by atoms with E-state index in [1.165, 1.54) is 11.2 Å². The fourth-order valence-electron chi connectivity index (χ4n) is 1.35. The number of nitrogens with zero attached hydrogens (tertiary/aromatic N) is 4. The van der Waals surface area contributed by atoms with Crippen LogP contribution in [0.15, 0.2) is 41.1 Å². The topological polar surface area (TPSA) is 64.8 Å². The van der Waals surface area contributed by atoms with Gasteiger partial charge in [0.2, 0.25) is 0 Å². The molecule has 2 rings (SSSR count). The second-order valence-electron chi connectivity index (χ2n) is 3.53. The van der Waals surface area contributed by atoms with Crippen LogP contribution in [0.5, 0.6) is 0 Å². The van der Waals surface area contributed by atoms with E-state index in [1.807, 2.05) is 30.5 Å². The summed E-state index contributed by atoms with van der Waals surface area (Å²) in [4.78, 5) is 9.50. The molecule has 0 spiro atoms. The first-order valence-electron chi connectivity index (χ1n) is 5.18. The second kappa shape index (κ2) is 5.47. The highest BCUT2D eigenvalue weighted by Gasteiger charge is 2.04. The standard InChI is InChI=1S/C12H10BrN5/c1-18(7-14)12-6-11(15-8-16-12)17-10-5-3-2-4-9(10)13/h2-6,8H,1H3,(H,15,16,17). The zero-order valence-electron chi connectivity index (χ0n) is 9.63.